The van der Waals surface area contributed by atoms with Crippen LogP contribution in [0.15, 0.2) is 36.5 Å². The molecule has 0 aliphatic rings. The second-order valence-electron chi connectivity index (χ2n) is 4.06. The van der Waals surface area contributed by atoms with Gasteiger partial charge in [-0.3, -0.25) is 10.1 Å². The summed E-state index contributed by atoms with van der Waals surface area (Å²) in [5, 5.41) is 10.0. The van der Waals surface area contributed by atoms with Crippen molar-refractivity contribution in [2.75, 3.05) is 5.32 Å². The van der Waals surface area contributed by atoms with Crippen LogP contribution >= 0.6 is 0 Å². The summed E-state index contributed by atoms with van der Waals surface area (Å²) in [6.07, 6.45) is 1.69. The van der Waals surface area contributed by atoms with Crippen molar-refractivity contribution in [3.05, 3.63) is 47.9 Å². The number of nitrogens with one attached hydrogen (secondary N) is 2. The Bertz CT molecular complexity index is 705. The van der Waals surface area contributed by atoms with Gasteiger partial charge in [-0.15, -0.1) is 0 Å². The van der Waals surface area contributed by atoms with Crippen LogP contribution in [0.4, 0.5) is 15.9 Å². The number of rotatable bonds is 2. The van der Waals surface area contributed by atoms with Crippen LogP contribution in [-0.2, 0) is 0 Å². The van der Waals surface area contributed by atoms with Gasteiger partial charge in [0.15, 0.2) is 5.82 Å². The van der Waals surface area contributed by atoms with Gasteiger partial charge in [-0.25, -0.2) is 4.39 Å². The molecule has 0 fully saturated rings. The summed E-state index contributed by atoms with van der Waals surface area (Å²) in [5.41, 5.74) is 2.84. The normalized spacial score (nSPS) is 10.8. The number of benzene rings is 1. The number of pyridine rings is 1. The number of aromatic nitrogens is 3. The van der Waals surface area contributed by atoms with Crippen LogP contribution in [0.3, 0.4) is 0 Å². The van der Waals surface area contributed by atoms with Crippen molar-refractivity contribution in [2.45, 2.75) is 6.92 Å². The van der Waals surface area contributed by atoms with Crippen LogP contribution in [0.1, 0.15) is 5.56 Å². The first kappa shape index (κ1) is 10.7. The first-order valence-corrected chi connectivity index (χ1v) is 5.56. The summed E-state index contributed by atoms with van der Waals surface area (Å²) in [5.74, 6) is 0.349. The molecular formula is C13H11FN4. The highest BCUT2D eigenvalue weighted by atomic mass is 19.1. The molecule has 0 bridgehead atoms. The molecule has 18 heavy (non-hydrogen) atoms. The molecule has 0 aliphatic heterocycles. The second kappa shape index (κ2) is 4.10. The van der Waals surface area contributed by atoms with E-state index >= 15 is 0 Å². The number of halogens is 1. The molecule has 5 heteroatoms. The Kier molecular flexibility index (Phi) is 2.44. The first-order chi connectivity index (χ1) is 8.74. The number of fused-ring (bicyclic) bond motifs is 1. The highest BCUT2D eigenvalue weighted by molar-refractivity contribution is 5.87. The van der Waals surface area contributed by atoms with Crippen LogP contribution in [0.5, 0.6) is 0 Å². The van der Waals surface area contributed by atoms with Gasteiger partial charge in [-0.1, -0.05) is 6.07 Å². The lowest BCUT2D eigenvalue weighted by molar-refractivity contribution is 0.619. The van der Waals surface area contributed by atoms with E-state index in [2.05, 4.69) is 20.5 Å². The average molecular weight is 242 g/mol. The fourth-order valence-corrected chi connectivity index (χ4v) is 1.75. The van der Waals surface area contributed by atoms with Crippen LogP contribution in [0, 0.1) is 12.7 Å². The number of nitrogens with zero attached hydrogens (tertiary/aromatic N) is 2. The largest absolute Gasteiger partial charge is 0.337 e. The Hall–Kier alpha value is -2.43. The van der Waals surface area contributed by atoms with Crippen molar-refractivity contribution in [1.82, 2.24) is 15.2 Å². The lowest BCUT2D eigenvalue weighted by Gasteiger charge is -2.04. The average Bonchev–Trinajstić information content (AvgIpc) is 2.78. The number of anilines is 2. The SMILES string of the molecule is Cc1ccc(Nc2n[nH]c3cccnc23)cc1F. The summed E-state index contributed by atoms with van der Waals surface area (Å²) in [4.78, 5) is 4.23. The zero-order chi connectivity index (χ0) is 12.5. The summed E-state index contributed by atoms with van der Waals surface area (Å²) in [7, 11) is 0. The summed E-state index contributed by atoms with van der Waals surface area (Å²) in [6.45, 7) is 1.73. The van der Waals surface area contributed by atoms with Crippen molar-refractivity contribution in [2.24, 2.45) is 0 Å². The molecule has 0 saturated heterocycles. The Morgan fingerprint density at radius 1 is 1.28 bits per heavy atom. The number of aromatic amines is 1. The summed E-state index contributed by atoms with van der Waals surface area (Å²) < 4.78 is 13.4. The standard InChI is InChI=1S/C13H11FN4/c1-8-4-5-9(7-10(8)14)16-13-12-11(17-18-13)3-2-6-15-12/h2-7H,1H3,(H2,16,17,18). The molecule has 1 aromatic carbocycles. The summed E-state index contributed by atoms with van der Waals surface area (Å²) >= 11 is 0. The number of aryl methyl sites for hydroxylation is 1. The third kappa shape index (κ3) is 1.79. The van der Waals surface area contributed by atoms with Crippen LogP contribution < -0.4 is 5.32 Å². The Balaban J connectivity index is 1.98. The van der Waals surface area contributed by atoms with Crippen molar-refractivity contribution in [3.8, 4) is 0 Å². The fourth-order valence-electron chi connectivity index (χ4n) is 1.75. The van der Waals surface area contributed by atoms with E-state index in [4.69, 9.17) is 0 Å². The van der Waals surface area contributed by atoms with Crippen LogP contribution in [0.2, 0.25) is 0 Å². The maximum Gasteiger partial charge on any atom is 0.178 e. The van der Waals surface area contributed by atoms with Crippen molar-refractivity contribution in [3.63, 3.8) is 0 Å². The van der Waals surface area contributed by atoms with Gasteiger partial charge in [0.1, 0.15) is 11.3 Å². The Labute approximate surface area is 103 Å². The topological polar surface area (TPSA) is 53.6 Å². The fraction of sp³-hybridized carbons (Fsp3) is 0.0769. The van der Waals surface area contributed by atoms with Crippen molar-refractivity contribution < 1.29 is 4.39 Å². The minimum atomic E-state index is -0.243. The molecule has 0 atom stereocenters. The van der Waals surface area contributed by atoms with Gasteiger partial charge in [0.05, 0.1) is 5.52 Å². The van der Waals surface area contributed by atoms with Crippen molar-refractivity contribution >= 4 is 22.5 Å². The molecule has 0 unspecified atom stereocenters. The smallest absolute Gasteiger partial charge is 0.178 e. The third-order valence-electron chi connectivity index (χ3n) is 2.75. The first-order valence-electron chi connectivity index (χ1n) is 5.56. The maximum atomic E-state index is 13.4. The van der Waals surface area contributed by atoms with Crippen LogP contribution in [-0.4, -0.2) is 15.2 Å². The van der Waals surface area contributed by atoms with E-state index in [1.165, 1.54) is 6.07 Å². The third-order valence-corrected chi connectivity index (χ3v) is 2.75. The van der Waals surface area contributed by atoms with E-state index in [1.807, 2.05) is 18.2 Å². The molecule has 3 aromatic rings. The molecular weight excluding hydrogens is 231 g/mol. The van der Waals surface area contributed by atoms with Gasteiger partial charge in [0, 0.05) is 11.9 Å². The van der Waals surface area contributed by atoms with Gasteiger partial charge in [0.2, 0.25) is 0 Å². The molecule has 90 valence electrons. The highest BCUT2D eigenvalue weighted by Gasteiger charge is 2.07. The van der Waals surface area contributed by atoms with Crippen LogP contribution in [0.25, 0.3) is 11.0 Å². The van der Waals surface area contributed by atoms with Gasteiger partial charge in [-0.2, -0.15) is 5.10 Å². The molecule has 4 nitrogen and oxygen atoms in total. The van der Waals surface area contributed by atoms with E-state index in [0.29, 0.717) is 17.1 Å². The van der Waals surface area contributed by atoms with Crippen molar-refractivity contribution in [1.29, 1.82) is 0 Å². The molecule has 0 saturated carbocycles. The minimum Gasteiger partial charge on any atom is -0.337 e. The molecule has 3 rings (SSSR count). The lowest BCUT2D eigenvalue weighted by atomic mass is 10.2. The van der Waals surface area contributed by atoms with E-state index in [0.717, 1.165) is 11.0 Å². The van der Waals surface area contributed by atoms with E-state index < -0.39 is 0 Å². The quantitative estimate of drug-likeness (QED) is 0.725. The van der Waals surface area contributed by atoms with E-state index in [-0.39, 0.29) is 5.82 Å². The predicted molar refractivity (Wildman–Crippen MR) is 68.3 cm³/mol. The zero-order valence-corrected chi connectivity index (χ0v) is 9.74. The predicted octanol–water partition coefficient (Wildman–Crippen LogP) is 3.15. The molecule has 2 heterocycles. The Morgan fingerprint density at radius 3 is 3.00 bits per heavy atom. The molecule has 0 radical (unpaired) electrons. The summed E-state index contributed by atoms with van der Waals surface area (Å²) in [6, 6.07) is 8.69. The molecule has 0 aliphatic carbocycles. The zero-order valence-electron chi connectivity index (χ0n) is 9.74. The van der Waals surface area contributed by atoms with Gasteiger partial charge >= 0.3 is 0 Å². The monoisotopic (exact) mass is 242 g/mol. The minimum absolute atomic E-state index is 0.243. The highest BCUT2D eigenvalue weighted by Crippen LogP contribution is 2.22. The molecule has 0 spiro atoms. The molecule has 0 amide bonds. The van der Waals surface area contributed by atoms with E-state index in [9.17, 15) is 4.39 Å². The van der Waals surface area contributed by atoms with E-state index in [1.54, 1.807) is 19.2 Å². The number of hydrogen-bond acceptors (Lipinski definition) is 3. The van der Waals surface area contributed by atoms with Gasteiger partial charge < -0.3 is 5.32 Å². The number of H-pyrrole nitrogens is 1. The molecule has 2 aromatic heterocycles. The Morgan fingerprint density at radius 2 is 2.17 bits per heavy atom. The van der Waals surface area contributed by atoms with Gasteiger partial charge in [-0.05, 0) is 36.8 Å². The number of hydrogen-bond donors (Lipinski definition) is 2. The second-order valence-corrected chi connectivity index (χ2v) is 4.06. The molecule has 2 N–H and O–H groups in total. The van der Waals surface area contributed by atoms with Gasteiger partial charge in [0.25, 0.3) is 0 Å². The maximum absolute atomic E-state index is 13.4. The lowest BCUT2D eigenvalue weighted by Crippen LogP contribution is -1.93.